The van der Waals surface area contributed by atoms with Crippen molar-refractivity contribution in [2.75, 3.05) is 0 Å². The van der Waals surface area contributed by atoms with Gasteiger partial charge in [-0.2, -0.15) is 5.10 Å². The lowest BCUT2D eigenvalue weighted by atomic mass is 10.0. The Morgan fingerprint density at radius 3 is 2.78 bits per heavy atom. The Labute approximate surface area is 105 Å². The Morgan fingerprint density at radius 1 is 1.33 bits per heavy atom. The molecule has 1 atom stereocenters. The first kappa shape index (κ1) is 12.3. The highest BCUT2D eigenvalue weighted by atomic mass is 16.1. The first-order chi connectivity index (χ1) is 8.75. The number of rotatable bonds is 5. The molecule has 0 saturated carbocycles. The number of nitrogens with one attached hydrogen (secondary N) is 2. The number of hydrogen-bond acceptors (Lipinski definition) is 3. The van der Waals surface area contributed by atoms with Gasteiger partial charge in [0.05, 0.1) is 12.2 Å². The van der Waals surface area contributed by atoms with E-state index < -0.39 is 0 Å². The maximum atomic E-state index is 11.7. The number of benzene rings is 1. The quantitative estimate of drug-likeness (QED) is 0.736. The molecule has 0 spiro atoms. The Hall–Kier alpha value is -2.14. The first-order valence-electron chi connectivity index (χ1n) is 5.81. The molecule has 1 aromatic heterocycles. The van der Waals surface area contributed by atoms with E-state index >= 15 is 0 Å². The van der Waals surface area contributed by atoms with E-state index in [4.69, 9.17) is 5.73 Å². The summed E-state index contributed by atoms with van der Waals surface area (Å²) in [7, 11) is 0. The van der Waals surface area contributed by atoms with Gasteiger partial charge >= 0.3 is 0 Å². The summed E-state index contributed by atoms with van der Waals surface area (Å²) in [6, 6.07) is 11.1. The lowest BCUT2D eigenvalue weighted by molar-refractivity contribution is -0.121. The van der Waals surface area contributed by atoms with Gasteiger partial charge in [-0.05, 0) is 11.6 Å². The highest BCUT2D eigenvalue weighted by Gasteiger charge is 2.11. The molecule has 0 radical (unpaired) electrons. The molecule has 5 heteroatoms. The predicted octanol–water partition coefficient (Wildman–Crippen LogP) is 1.12. The highest BCUT2D eigenvalue weighted by Crippen LogP contribution is 2.12. The van der Waals surface area contributed by atoms with E-state index in [0.29, 0.717) is 6.54 Å². The van der Waals surface area contributed by atoms with Crippen LogP contribution < -0.4 is 11.1 Å². The zero-order valence-electron chi connectivity index (χ0n) is 9.97. The van der Waals surface area contributed by atoms with Gasteiger partial charge in [0.25, 0.3) is 0 Å². The van der Waals surface area contributed by atoms with Crippen LogP contribution in [0.4, 0.5) is 0 Å². The third-order valence-electron chi connectivity index (χ3n) is 2.67. The maximum Gasteiger partial charge on any atom is 0.222 e. The van der Waals surface area contributed by atoms with Gasteiger partial charge in [0.1, 0.15) is 0 Å². The van der Waals surface area contributed by atoms with Crippen LogP contribution in [0.1, 0.15) is 23.7 Å². The van der Waals surface area contributed by atoms with E-state index in [9.17, 15) is 4.79 Å². The molecule has 0 fully saturated rings. The number of aromatic amines is 1. The van der Waals surface area contributed by atoms with Crippen LogP contribution in [0.15, 0.2) is 42.6 Å². The summed E-state index contributed by atoms with van der Waals surface area (Å²) < 4.78 is 0. The number of hydrogen-bond donors (Lipinski definition) is 3. The summed E-state index contributed by atoms with van der Waals surface area (Å²) in [4.78, 5) is 11.7. The largest absolute Gasteiger partial charge is 0.350 e. The van der Waals surface area contributed by atoms with Gasteiger partial charge in [0.15, 0.2) is 0 Å². The van der Waals surface area contributed by atoms with Crippen molar-refractivity contribution in [3.8, 4) is 0 Å². The van der Waals surface area contributed by atoms with Crippen molar-refractivity contribution in [1.29, 1.82) is 0 Å². The highest BCUT2D eigenvalue weighted by molar-refractivity contribution is 5.76. The second kappa shape index (κ2) is 5.97. The molecule has 18 heavy (non-hydrogen) atoms. The molecule has 1 amide bonds. The number of carbonyl (C=O) groups is 1. The van der Waals surface area contributed by atoms with Crippen LogP contribution in [0.25, 0.3) is 0 Å². The average molecular weight is 244 g/mol. The van der Waals surface area contributed by atoms with Crippen LogP contribution in [0.2, 0.25) is 0 Å². The number of nitrogens with zero attached hydrogens (tertiary/aromatic N) is 1. The van der Waals surface area contributed by atoms with Crippen molar-refractivity contribution in [1.82, 2.24) is 15.5 Å². The molecule has 1 heterocycles. The molecule has 4 N–H and O–H groups in total. The lowest BCUT2D eigenvalue weighted by Gasteiger charge is -2.11. The Balaban J connectivity index is 1.80. The summed E-state index contributed by atoms with van der Waals surface area (Å²) in [6.45, 7) is 0.445. The summed E-state index contributed by atoms with van der Waals surface area (Å²) in [5, 5.41) is 9.38. The van der Waals surface area contributed by atoms with Crippen molar-refractivity contribution in [2.24, 2.45) is 5.73 Å². The Bertz CT molecular complexity index is 481. The second-order valence-electron chi connectivity index (χ2n) is 4.08. The van der Waals surface area contributed by atoms with Crippen LogP contribution >= 0.6 is 0 Å². The van der Waals surface area contributed by atoms with Crippen molar-refractivity contribution in [3.05, 3.63) is 53.9 Å². The van der Waals surface area contributed by atoms with Gasteiger partial charge in [0, 0.05) is 18.7 Å². The fourth-order valence-corrected chi connectivity index (χ4v) is 1.67. The molecule has 2 aromatic rings. The minimum atomic E-state index is -0.270. The average Bonchev–Trinajstić information content (AvgIpc) is 2.90. The number of carbonyl (C=O) groups excluding carboxylic acids is 1. The maximum absolute atomic E-state index is 11.7. The SMILES string of the molecule is NC(CC(=O)NCc1ccn[nH]1)c1ccccc1. The van der Waals surface area contributed by atoms with Crippen molar-refractivity contribution in [3.63, 3.8) is 0 Å². The predicted molar refractivity (Wildman–Crippen MR) is 68.4 cm³/mol. The minimum Gasteiger partial charge on any atom is -0.350 e. The third-order valence-corrected chi connectivity index (χ3v) is 2.67. The van der Waals surface area contributed by atoms with E-state index in [0.717, 1.165) is 11.3 Å². The fourth-order valence-electron chi connectivity index (χ4n) is 1.67. The van der Waals surface area contributed by atoms with Gasteiger partial charge in [-0.25, -0.2) is 0 Å². The van der Waals surface area contributed by atoms with Gasteiger partial charge in [-0.3, -0.25) is 9.89 Å². The zero-order chi connectivity index (χ0) is 12.8. The number of aromatic nitrogens is 2. The molecular formula is C13H16N4O. The van der Waals surface area contributed by atoms with Crippen LogP contribution in [-0.4, -0.2) is 16.1 Å². The van der Waals surface area contributed by atoms with E-state index in [1.807, 2.05) is 36.4 Å². The monoisotopic (exact) mass is 244 g/mol. The molecule has 1 aromatic carbocycles. The molecular weight excluding hydrogens is 228 g/mol. The molecule has 2 rings (SSSR count). The molecule has 0 aliphatic carbocycles. The van der Waals surface area contributed by atoms with Crippen molar-refractivity contribution in [2.45, 2.75) is 19.0 Å². The minimum absolute atomic E-state index is 0.0686. The third kappa shape index (κ3) is 3.43. The van der Waals surface area contributed by atoms with Crippen LogP contribution in [0.3, 0.4) is 0 Å². The molecule has 0 aliphatic heterocycles. The molecule has 0 aliphatic rings. The van der Waals surface area contributed by atoms with Gasteiger partial charge in [0.2, 0.25) is 5.91 Å². The van der Waals surface area contributed by atoms with Crippen LogP contribution in [-0.2, 0) is 11.3 Å². The molecule has 5 nitrogen and oxygen atoms in total. The van der Waals surface area contributed by atoms with Crippen molar-refractivity contribution < 1.29 is 4.79 Å². The van der Waals surface area contributed by atoms with Gasteiger partial charge in [-0.1, -0.05) is 30.3 Å². The van der Waals surface area contributed by atoms with E-state index in [1.54, 1.807) is 6.20 Å². The van der Waals surface area contributed by atoms with Crippen LogP contribution in [0.5, 0.6) is 0 Å². The molecule has 0 saturated heterocycles. The van der Waals surface area contributed by atoms with Crippen LogP contribution in [0, 0.1) is 0 Å². The normalized spacial score (nSPS) is 12.1. The van der Waals surface area contributed by atoms with Gasteiger partial charge in [-0.15, -0.1) is 0 Å². The second-order valence-corrected chi connectivity index (χ2v) is 4.08. The number of nitrogens with two attached hydrogens (primary N) is 1. The summed E-state index contributed by atoms with van der Waals surface area (Å²) in [5.74, 6) is -0.0686. The van der Waals surface area contributed by atoms with Crippen molar-refractivity contribution >= 4 is 5.91 Å². The standard InChI is InChI=1S/C13H16N4O/c14-12(10-4-2-1-3-5-10)8-13(18)15-9-11-6-7-16-17-11/h1-7,12H,8-9,14H2,(H,15,18)(H,16,17). The van der Waals surface area contributed by atoms with E-state index in [1.165, 1.54) is 0 Å². The summed E-state index contributed by atoms with van der Waals surface area (Å²) in [5.41, 5.74) is 7.80. The topological polar surface area (TPSA) is 83.8 Å². The zero-order valence-corrected chi connectivity index (χ0v) is 9.97. The fraction of sp³-hybridized carbons (Fsp3) is 0.231. The lowest BCUT2D eigenvalue weighted by Crippen LogP contribution is -2.27. The Morgan fingerprint density at radius 2 is 2.11 bits per heavy atom. The van der Waals surface area contributed by atoms with Gasteiger partial charge < -0.3 is 11.1 Å². The first-order valence-corrected chi connectivity index (χ1v) is 5.81. The molecule has 0 bridgehead atoms. The number of H-pyrrole nitrogens is 1. The summed E-state index contributed by atoms with van der Waals surface area (Å²) >= 11 is 0. The smallest absolute Gasteiger partial charge is 0.222 e. The summed E-state index contributed by atoms with van der Waals surface area (Å²) in [6.07, 6.45) is 1.93. The molecule has 94 valence electrons. The Kier molecular flexibility index (Phi) is 4.09. The van der Waals surface area contributed by atoms with E-state index in [-0.39, 0.29) is 18.4 Å². The molecule has 1 unspecified atom stereocenters. The number of amides is 1. The van der Waals surface area contributed by atoms with E-state index in [2.05, 4.69) is 15.5 Å².